The molecule has 1 unspecified atom stereocenters. The van der Waals surface area contributed by atoms with Crippen LogP contribution in [0.25, 0.3) is 0 Å². The van der Waals surface area contributed by atoms with E-state index in [1.165, 1.54) is 23.9 Å². The molecule has 2 aliphatic rings. The fraction of sp³-hybridized carbons (Fsp3) is 0.308. The Bertz CT molecular complexity index is 1800. The van der Waals surface area contributed by atoms with Crippen LogP contribution in [-0.4, -0.2) is 65.4 Å². The van der Waals surface area contributed by atoms with Crippen molar-refractivity contribution >= 4 is 35.4 Å². The van der Waals surface area contributed by atoms with Crippen molar-refractivity contribution < 1.29 is 42.8 Å². The average Bonchev–Trinajstić information content (AvgIpc) is 3.54. The lowest BCUT2D eigenvalue weighted by Gasteiger charge is -2.44. The van der Waals surface area contributed by atoms with Gasteiger partial charge in [0.05, 0.1) is 25.0 Å². The number of nitrogens with zero attached hydrogens (tertiary/aromatic N) is 1. The van der Waals surface area contributed by atoms with Crippen LogP contribution in [0.3, 0.4) is 0 Å². The molecule has 4 aromatic rings. The van der Waals surface area contributed by atoms with Crippen LogP contribution in [0.2, 0.25) is 0 Å². The van der Waals surface area contributed by atoms with E-state index in [9.17, 15) is 18.8 Å². The van der Waals surface area contributed by atoms with Crippen LogP contribution in [0.1, 0.15) is 42.6 Å². The first-order chi connectivity index (χ1) is 24.5. The second-order valence-corrected chi connectivity index (χ2v) is 14.3. The van der Waals surface area contributed by atoms with E-state index in [1.807, 2.05) is 60.7 Å². The topological polar surface area (TPSA) is 124 Å². The largest absolute Gasteiger partial charge is 0.482 e. The fourth-order valence-corrected chi connectivity index (χ4v) is 7.35. The third kappa shape index (κ3) is 8.53. The highest BCUT2D eigenvalue weighted by Gasteiger charge is 2.48. The van der Waals surface area contributed by atoms with E-state index >= 15 is 0 Å². The van der Waals surface area contributed by atoms with E-state index in [1.54, 1.807) is 36.4 Å². The normalized spacial score (nSPS) is 19.1. The van der Waals surface area contributed by atoms with Crippen molar-refractivity contribution in [3.05, 3.63) is 132 Å². The summed E-state index contributed by atoms with van der Waals surface area (Å²) in [6.45, 7) is 4.39. The molecule has 51 heavy (non-hydrogen) atoms. The van der Waals surface area contributed by atoms with Crippen molar-refractivity contribution in [2.45, 2.75) is 37.0 Å². The van der Waals surface area contributed by atoms with Crippen LogP contribution in [0.15, 0.2) is 109 Å². The van der Waals surface area contributed by atoms with Gasteiger partial charge in [0.25, 0.3) is 0 Å². The number of carboxylic acids is 1. The number of thioether (sulfide) groups is 1. The van der Waals surface area contributed by atoms with E-state index < -0.39 is 53.5 Å². The van der Waals surface area contributed by atoms with Gasteiger partial charge in [0.1, 0.15) is 29.5 Å². The van der Waals surface area contributed by atoms with E-state index in [0.29, 0.717) is 30.2 Å². The van der Waals surface area contributed by atoms with Crippen LogP contribution in [0.5, 0.6) is 5.75 Å². The Balaban J connectivity index is 1.42. The summed E-state index contributed by atoms with van der Waals surface area (Å²) in [6.07, 6.45) is -0.762. The van der Waals surface area contributed by atoms with Gasteiger partial charge >= 0.3 is 12.1 Å². The van der Waals surface area contributed by atoms with Crippen molar-refractivity contribution in [1.29, 1.82) is 0 Å². The first-order valence-corrected chi connectivity index (χ1v) is 17.5. The Morgan fingerprint density at radius 2 is 1.57 bits per heavy atom. The summed E-state index contributed by atoms with van der Waals surface area (Å²) in [6, 6.07) is 29.7. The number of carbonyl (C=O) groups is 3. The molecule has 0 radical (unpaired) electrons. The van der Waals surface area contributed by atoms with Crippen molar-refractivity contribution in [3.63, 3.8) is 0 Å². The number of carbonyl (C=O) groups excluding carboxylic acids is 2. The van der Waals surface area contributed by atoms with Crippen molar-refractivity contribution in [2.24, 2.45) is 5.41 Å². The molecular weight excluding hydrogens is 676 g/mol. The number of anilines is 1. The zero-order valence-electron chi connectivity index (χ0n) is 28.2. The van der Waals surface area contributed by atoms with E-state index in [-0.39, 0.29) is 17.8 Å². The van der Waals surface area contributed by atoms with Crippen LogP contribution in [-0.2, 0) is 29.6 Å². The molecule has 0 saturated carbocycles. The summed E-state index contributed by atoms with van der Waals surface area (Å²) in [5.74, 6) is -2.78. The maximum atomic E-state index is 15.0. The fourth-order valence-electron chi connectivity index (χ4n) is 5.94. The summed E-state index contributed by atoms with van der Waals surface area (Å²) in [4.78, 5) is 40.7. The summed E-state index contributed by atoms with van der Waals surface area (Å²) in [5, 5.41) is 11.5. The van der Waals surface area contributed by atoms with Gasteiger partial charge in [-0.2, -0.15) is 0 Å². The number of ether oxygens (including phenoxy) is 4. The highest BCUT2D eigenvalue weighted by molar-refractivity contribution is 8.00. The molecule has 2 heterocycles. The third-order valence-corrected chi connectivity index (χ3v) is 10.0. The Hall–Kier alpha value is -4.91. The SMILES string of the molecule is CC1(C)COC(CS[C@@H](C(=O)N2C(=O)OCC2c2ccccc2)[C@H](Nc2ccc(F)cc2)c2ccc(OCC(=O)O)cc2)(c2ccccc2)OC1. The standard InChI is InChI=1S/C39H39FN2O8S/c1-38(2)23-49-39(50-24-38,28-11-7-4-8-12-28)25-51-35(36(45)42-32(21-48-37(42)46)26-9-5-3-6-10-26)34(41-30-17-15-29(40)16-18-30)27-13-19-31(20-14-27)47-22-33(43)44/h3-20,32,34-35,41H,21-25H2,1-2H3,(H,43,44)/t32?,34-,35-/m1/s1. The number of rotatable bonds is 13. The predicted octanol–water partition coefficient (Wildman–Crippen LogP) is 7.19. The van der Waals surface area contributed by atoms with Gasteiger partial charge in [0.15, 0.2) is 6.61 Å². The Morgan fingerprint density at radius 3 is 2.20 bits per heavy atom. The van der Waals surface area contributed by atoms with Crippen LogP contribution in [0, 0.1) is 11.2 Å². The Kier molecular flexibility index (Phi) is 10.9. The van der Waals surface area contributed by atoms with Crippen molar-refractivity contribution in [3.8, 4) is 5.75 Å². The van der Waals surface area contributed by atoms with Gasteiger partial charge in [0.2, 0.25) is 11.7 Å². The third-order valence-electron chi connectivity index (χ3n) is 8.67. The van der Waals surface area contributed by atoms with Gasteiger partial charge < -0.3 is 29.4 Å². The summed E-state index contributed by atoms with van der Waals surface area (Å²) < 4.78 is 37.9. The molecule has 4 aromatic carbocycles. The smallest absolute Gasteiger partial charge is 0.417 e. The molecule has 0 spiro atoms. The molecule has 266 valence electrons. The molecule has 12 heteroatoms. The van der Waals surface area contributed by atoms with Crippen LogP contribution < -0.4 is 10.1 Å². The number of carboxylic acid groups (broad SMARTS) is 1. The van der Waals surface area contributed by atoms with E-state index in [0.717, 1.165) is 16.0 Å². The van der Waals surface area contributed by atoms with Gasteiger partial charge in [-0.3, -0.25) is 4.79 Å². The number of aliphatic carboxylic acids is 1. The zero-order valence-corrected chi connectivity index (χ0v) is 29.0. The number of benzene rings is 4. The van der Waals surface area contributed by atoms with Gasteiger partial charge in [-0.1, -0.05) is 86.6 Å². The lowest BCUT2D eigenvalue weighted by atomic mass is 9.93. The van der Waals surface area contributed by atoms with Crippen LogP contribution >= 0.6 is 11.8 Å². The molecule has 3 atom stereocenters. The molecule has 10 nitrogen and oxygen atoms in total. The first kappa shape index (κ1) is 35.9. The van der Waals surface area contributed by atoms with Gasteiger partial charge in [0, 0.05) is 16.7 Å². The first-order valence-electron chi connectivity index (χ1n) is 16.5. The zero-order chi connectivity index (χ0) is 36.0. The molecule has 2 N–H and O–H groups in total. The van der Waals surface area contributed by atoms with Gasteiger partial charge in [-0.25, -0.2) is 18.9 Å². The molecular formula is C39H39FN2O8S. The number of hydrogen-bond donors (Lipinski definition) is 2. The molecule has 0 aromatic heterocycles. The number of amides is 2. The predicted molar refractivity (Wildman–Crippen MR) is 190 cm³/mol. The molecule has 0 bridgehead atoms. The average molecular weight is 715 g/mol. The quantitative estimate of drug-likeness (QED) is 0.147. The Morgan fingerprint density at radius 1 is 0.941 bits per heavy atom. The molecule has 0 aliphatic carbocycles. The summed E-state index contributed by atoms with van der Waals surface area (Å²) in [7, 11) is 0. The molecule has 6 rings (SSSR count). The van der Waals surface area contributed by atoms with E-state index in [2.05, 4.69) is 19.2 Å². The minimum Gasteiger partial charge on any atom is -0.482 e. The maximum Gasteiger partial charge on any atom is 0.417 e. The Labute approximate surface area is 299 Å². The van der Waals surface area contributed by atoms with Gasteiger partial charge in [-0.05, 0) is 47.5 Å². The minimum absolute atomic E-state index is 0.00704. The number of imide groups is 1. The van der Waals surface area contributed by atoms with Crippen LogP contribution in [0.4, 0.5) is 14.9 Å². The summed E-state index contributed by atoms with van der Waals surface area (Å²) in [5.41, 5.74) is 2.43. The monoisotopic (exact) mass is 714 g/mol. The number of hydrogen-bond acceptors (Lipinski definition) is 9. The summed E-state index contributed by atoms with van der Waals surface area (Å²) >= 11 is 1.27. The van der Waals surface area contributed by atoms with Crippen molar-refractivity contribution in [2.75, 3.05) is 37.5 Å². The second kappa shape index (κ2) is 15.5. The minimum atomic E-state index is -1.21. The van der Waals surface area contributed by atoms with Gasteiger partial charge in [-0.15, -0.1) is 11.8 Å². The molecule has 2 amide bonds. The molecule has 2 fully saturated rings. The molecule has 2 saturated heterocycles. The lowest BCUT2D eigenvalue weighted by molar-refractivity contribution is -0.295. The maximum absolute atomic E-state index is 15.0. The number of cyclic esters (lactones) is 1. The number of nitrogens with one attached hydrogen (secondary N) is 1. The lowest BCUT2D eigenvalue weighted by Crippen LogP contribution is -2.49. The highest BCUT2D eigenvalue weighted by Crippen LogP contribution is 2.43. The highest BCUT2D eigenvalue weighted by atomic mass is 32.2. The molecule has 2 aliphatic heterocycles. The number of halogens is 1. The second-order valence-electron chi connectivity index (χ2n) is 13.2. The van der Waals surface area contributed by atoms with Crippen molar-refractivity contribution in [1.82, 2.24) is 4.90 Å². The van der Waals surface area contributed by atoms with E-state index in [4.69, 9.17) is 24.1 Å².